The van der Waals surface area contributed by atoms with Crippen molar-refractivity contribution in [2.24, 2.45) is 0 Å². The number of aromatic nitrogens is 3. The molecule has 8 heteroatoms. The van der Waals surface area contributed by atoms with Crippen LogP contribution in [-0.4, -0.2) is 44.4 Å². The quantitative estimate of drug-likeness (QED) is 0.777. The van der Waals surface area contributed by atoms with Crippen molar-refractivity contribution < 1.29 is 14.3 Å². The molecule has 29 heavy (non-hydrogen) atoms. The number of hydrogen-bond donors (Lipinski definition) is 2. The molecule has 0 aliphatic heterocycles. The van der Waals surface area contributed by atoms with Gasteiger partial charge in [0.25, 0.3) is 5.91 Å². The molecule has 1 aliphatic carbocycles. The summed E-state index contributed by atoms with van der Waals surface area (Å²) < 4.78 is 6.98. The van der Waals surface area contributed by atoms with Crippen molar-refractivity contribution in [3.05, 3.63) is 42.0 Å². The van der Waals surface area contributed by atoms with Gasteiger partial charge in [-0.25, -0.2) is 14.5 Å². The van der Waals surface area contributed by atoms with Crippen molar-refractivity contribution in [2.75, 3.05) is 6.54 Å². The second-order valence-electron chi connectivity index (χ2n) is 9.01. The fourth-order valence-electron chi connectivity index (χ4n) is 2.80. The first-order chi connectivity index (χ1) is 13.5. The molecule has 0 bridgehead atoms. The zero-order valence-electron chi connectivity index (χ0n) is 17.7. The summed E-state index contributed by atoms with van der Waals surface area (Å²) in [7, 11) is 0. The monoisotopic (exact) mass is 399 g/mol. The van der Waals surface area contributed by atoms with Crippen LogP contribution in [0.1, 0.15) is 69.8 Å². The molecule has 1 aromatic carbocycles. The average molecular weight is 399 g/mol. The lowest BCUT2D eigenvalue weighted by molar-refractivity contribution is 0.0509. The number of amides is 2. The highest BCUT2D eigenvalue weighted by atomic mass is 16.6. The topological polar surface area (TPSA) is 98.1 Å². The van der Waals surface area contributed by atoms with Gasteiger partial charge in [0.2, 0.25) is 5.82 Å². The Hall–Kier alpha value is -2.90. The van der Waals surface area contributed by atoms with E-state index in [4.69, 9.17) is 4.74 Å². The van der Waals surface area contributed by atoms with Gasteiger partial charge >= 0.3 is 6.09 Å². The third-order valence-electron chi connectivity index (χ3n) is 4.30. The zero-order valence-corrected chi connectivity index (χ0v) is 17.7. The maximum absolute atomic E-state index is 12.8. The summed E-state index contributed by atoms with van der Waals surface area (Å²) in [5.41, 5.74) is -0.400. The fraction of sp³-hybridized carbons (Fsp3) is 0.524. The Kier molecular flexibility index (Phi) is 5.64. The maximum Gasteiger partial charge on any atom is 0.407 e. The molecule has 1 saturated carbocycles. The number of benzene rings is 1. The predicted molar refractivity (Wildman–Crippen MR) is 109 cm³/mol. The number of nitrogens with zero attached hydrogens (tertiary/aromatic N) is 3. The summed E-state index contributed by atoms with van der Waals surface area (Å²) in [4.78, 5) is 29.2. The Morgan fingerprint density at radius 3 is 2.38 bits per heavy atom. The van der Waals surface area contributed by atoms with Crippen LogP contribution in [0.2, 0.25) is 0 Å². The summed E-state index contributed by atoms with van der Waals surface area (Å²) in [6.07, 6.45) is 1.58. The molecular weight excluding hydrogens is 370 g/mol. The minimum Gasteiger partial charge on any atom is -0.444 e. The molecule has 2 N–H and O–H groups in total. The van der Waals surface area contributed by atoms with E-state index in [0.717, 1.165) is 24.4 Å². The number of rotatable bonds is 6. The normalized spacial score (nSPS) is 14.4. The molecule has 1 aromatic heterocycles. The second-order valence-corrected chi connectivity index (χ2v) is 9.01. The standard InChI is InChI=1S/C21H29N5O3/c1-20(2,3)29-19(28)22-13-21(4,5)24-18(27)16-23-17(14-11-12-14)26(25-16)15-9-7-6-8-10-15/h6-10,14H,11-13H2,1-5H3,(H,22,28)(H,24,27). The van der Waals surface area contributed by atoms with Crippen LogP contribution in [-0.2, 0) is 4.74 Å². The molecule has 0 atom stereocenters. The summed E-state index contributed by atoms with van der Waals surface area (Å²) in [6, 6.07) is 9.68. The van der Waals surface area contributed by atoms with Crippen LogP contribution in [0.4, 0.5) is 4.79 Å². The molecular formula is C21H29N5O3. The number of carbonyl (C=O) groups excluding carboxylic acids is 2. The van der Waals surface area contributed by atoms with Gasteiger partial charge in [-0.1, -0.05) is 18.2 Å². The lowest BCUT2D eigenvalue weighted by Crippen LogP contribution is -2.52. The molecule has 0 radical (unpaired) electrons. The highest BCUT2D eigenvalue weighted by Crippen LogP contribution is 2.39. The molecule has 1 heterocycles. The first kappa shape index (κ1) is 20.8. The summed E-state index contributed by atoms with van der Waals surface area (Å²) in [6.45, 7) is 9.24. The van der Waals surface area contributed by atoms with Crippen molar-refractivity contribution in [1.82, 2.24) is 25.4 Å². The average Bonchev–Trinajstić information content (AvgIpc) is 3.37. The van der Waals surface area contributed by atoms with Crippen LogP contribution in [0.5, 0.6) is 0 Å². The molecule has 2 aromatic rings. The van der Waals surface area contributed by atoms with Crippen LogP contribution in [0.15, 0.2) is 30.3 Å². The van der Waals surface area contributed by atoms with Crippen LogP contribution in [0, 0.1) is 0 Å². The van der Waals surface area contributed by atoms with E-state index < -0.39 is 17.2 Å². The van der Waals surface area contributed by atoms with Crippen molar-refractivity contribution in [2.45, 2.75) is 64.5 Å². The van der Waals surface area contributed by atoms with E-state index in [2.05, 4.69) is 20.7 Å². The Balaban J connectivity index is 1.68. The minimum atomic E-state index is -0.702. The smallest absolute Gasteiger partial charge is 0.407 e. The molecule has 156 valence electrons. The van der Waals surface area contributed by atoms with E-state index in [1.165, 1.54) is 0 Å². The number of nitrogens with one attached hydrogen (secondary N) is 2. The molecule has 8 nitrogen and oxygen atoms in total. The van der Waals surface area contributed by atoms with E-state index >= 15 is 0 Å². The Morgan fingerprint density at radius 1 is 1.14 bits per heavy atom. The van der Waals surface area contributed by atoms with E-state index in [1.807, 2.05) is 44.2 Å². The molecule has 3 rings (SSSR count). The van der Waals surface area contributed by atoms with Gasteiger partial charge in [0.05, 0.1) is 11.2 Å². The van der Waals surface area contributed by atoms with E-state index in [-0.39, 0.29) is 18.3 Å². The van der Waals surface area contributed by atoms with Crippen molar-refractivity contribution in [3.8, 4) is 5.69 Å². The molecule has 0 saturated heterocycles. The van der Waals surface area contributed by atoms with Gasteiger partial charge in [0.1, 0.15) is 11.4 Å². The number of carbonyl (C=O) groups is 2. The van der Waals surface area contributed by atoms with Crippen molar-refractivity contribution in [1.29, 1.82) is 0 Å². The van der Waals surface area contributed by atoms with Gasteiger partial charge in [0, 0.05) is 12.5 Å². The van der Waals surface area contributed by atoms with E-state index in [9.17, 15) is 9.59 Å². The highest BCUT2D eigenvalue weighted by molar-refractivity contribution is 5.91. The molecule has 0 spiro atoms. The zero-order chi connectivity index (χ0) is 21.2. The lowest BCUT2D eigenvalue weighted by atomic mass is 10.1. The van der Waals surface area contributed by atoms with Crippen LogP contribution in [0.3, 0.4) is 0 Å². The Bertz CT molecular complexity index is 879. The van der Waals surface area contributed by atoms with E-state index in [0.29, 0.717) is 5.92 Å². The minimum absolute atomic E-state index is 0.126. The predicted octanol–water partition coefficient (Wildman–Crippen LogP) is 3.18. The van der Waals surface area contributed by atoms with Crippen LogP contribution in [0.25, 0.3) is 5.69 Å². The SMILES string of the molecule is CC(C)(CNC(=O)OC(C)(C)C)NC(=O)c1nc(C2CC2)n(-c2ccccc2)n1. The van der Waals surface area contributed by atoms with Gasteiger partial charge in [-0.3, -0.25) is 4.79 Å². The molecule has 1 fully saturated rings. The van der Waals surface area contributed by atoms with Gasteiger partial charge in [-0.15, -0.1) is 5.10 Å². The molecule has 0 unspecified atom stereocenters. The van der Waals surface area contributed by atoms with Gasteiger partial charge in [-0.05, 0) is 59.6 Å². The van der Waals surface area contributed by atoms with Crippen LogP contribution >= 0.6 is 0 Å². The van der Waals surface area contributed by atoms with Gasteiger partial charge in [-0.2, -0.15) is 0 Å². The molecule has 1 aliphatic rings. The summed E-state index contributed by atoms with van der Waals surface area (Å²) >= 11 is 0. The van der Waals surface area contributed by atoms with Crippen molar-refractivity contribution >= 4 is 12.0 Å². The van der Waals surface area contributed by atoms with Crippen LogP contribution < -0.4 is 10.6 Å². The lowest BCUT2D eigenvalue weighted by Gasteiger charge is -2.27. The number of ether oxygens (including phenoxy) is 1. The third kappa shape index (κ3) is 5.79. The van der Waals surface area contributed by atoms with Gasteiger partial charge < -0.3 is 15.4 Å². The largest absolute Gasteiger partial charge is 0.444 e. The first-order valence-corrected chi connectivity index (χ1v) is 9.86. The molecule has 2 amide bonds. The second kappa shape index (κ2) is 7.85. The van der Waals surface area contributed by atoms with E-state index in [1.54, 1.807) is 25.5 Å². The maximum atomic E-state index is 12.8. The summed E-state index contributed by atoms with van der Waals surface area (Å²) in [5.74, 6) is 0.899. The number of alkyl carbamates (subject to hydrolysis) is 1. The number of hydrogen-bond acceptors (Lipinski definition) is 5. The summed E-state index contributed by atoms with van der Waals surface area (Å²) in [5, 5.41) is 10.0. The van der Waals surface area contributed by atoms with Gasteiger partial charge in [0.15, 0.2) is 0 Å². The highest BCUT2D eigenvalue weighted by Gasteiger charge is 2.32. The van der Waals surface area contributed by atoms with Crippen molar-refractivity contribution in [3.63, 3.8) is 0 Å². The number of para-hydroxylation sites is 1. The third-order valence-corrected chi connectivity index (χ3v) is 4.30. The first-order valence-electron chi connectivity index (χ1n) is 9.86. The Labute approximate surface area is 171 Å². The Morgan fingerprint density at radius 2 is 1.79 bits per heavy atom. The fourth-order valence-corrected chi connectivity index (χ4v) is 2.80.